The van der Waals surface area contributed by atoms with Crippen LogP contribution in [0, 0.1) is 11.8 Å². The van der Waals surface area contributed by atoms with E-state index >= 15 is 0 Å². The monoisotopic (exact) mass is 473 g/mol. The van der Waals surface area contributed by atoms with Gasteiger partial charge in [0.1, 0.15) is 0 Å². The molecule has 2 aromatic heterocycles. The van der Waals surface area contributed by atoms with Gasteiger partial charge in [0.15, 0.2) is 0 Å². The number of methoxy groups -OCH3 is 1. The van der Waals surface area contributed by atoms with Gasteiger partial charge in [-0.2, -0.15) is 4.68 Å². The number of aryl methyl sites for hydroxylation is 1. The summed E-state index contributed by atoms with van der Waals surface area (Å²) >= 11 is 1.41. The summed E-state index contributed by atoms with van der Waals surface area (Å²) in [6, 6.07) is 17.6. The number of amides is 1. The van der Waals surface area contributed by atoms with Crippen LogP contribution in [0.4, 0.5) is 5.69 Å². The maximum absolute atomic E-state index is 12.4. The van der Waals surface area contributed by atoms with E-state index < -0.39 is 11.7 Å². The lowest BCUT2D eigenvalue weighted by Crippen LogP contribution is -2.20. The van der Waals surface area contributed by atoms with Crippen LogP contribution in [0.15, 0.2) is 75.3 Å². The van der Waals surface area contributed by atoms with Crippen LogP contribution in [-0.4, -0.2) is 28.8 Å². The zero-order chi connectivity index (χ0) is 23.9. The molecule has 0 saturated heterocycles. The molecular formula is C25H19N3O5S. The van der Waals surface area contributed by atoms with Crippen LogP contribution in [0.3, 0.4) is 0 Å². The molecule has 0 atom stereocenters. The van der Waals surface area contributed by atoms with Crippen molar-refractivity contribution in [3.8, 4) is 22.6 Å². The van der Waals surface area contributed by atoms with Crippen LogP contribution in [-0.2, 0) is 16.1 Å². The molecule has 0 aliphatic rings. The highest BCUT2D eigenvalue weighted by Gasteiger charge is 2.12. The maximum Gasteiger partial charge on any atom is 0.437 e. The summed E-state index contributed by atoms with van der Waals surface area (Å²) in [5, 5.41) is 8.80. The normalized spacial score (nSPS) is 10.3. The van der Waals surface area contributed by atoms with Gasteiger partial charge in [-0.1, -0.05) is 30.0 Å². The van der Waals surface area contributed by atoms with Crippen molar-refractivity contribution in [3.63, 3.8) is 0 Å². The van der Waals surface area contributed by atoms with Crippen LogP contribution < -0.4 is 11.1 Å². The molecule has 1 N–H and O–H groups in total. The van der Waals surface area contributed by atoms with Crippen LogP contribution in [0.2, 0.25) is 0 Å². The lowest BCUT2D eigenvalue weighted by atomic mass is 10.1. The SMILES string of the molecule is COC(=O)c1cccc(C#Cc2cccc(NC(=O)CCn3nc(-c4cccs4)oc3=O)c2)c1. The predicted molar refractivity (Wildman–Crippen MR) is 128 cm³/mol. The topological polar surface area (TPSA) is 103 Å². The number of hydrogen-bond donors (Lipinski definition) is 1. The Morgan fingerprint density at radius 2 is 1.85 bits per heavy atom. The van der Waals surface area contributed by atoms with Crippen LogP contribution in [0.25, 0.3) is 10.8 Å². The molecule has 8 nitrogen and oxygen atoms in total. The van der Waals surface area contributed by atoms with Gasteiger partial charge in [-0.25, -0.2) is 9.59 Å². The van der Waals surface area contributed by atoms with Crippen molar-refractivity contribution in [1.82, 2.24) is 9.78 Å². The third kappa shape index (κ3) is 5.68. The molecule has 0 bridgehead atoms. The zero-order valence-electron chi connectivity index (χ0n) is 18.1. The second kappa shape index (κ2) is 10.5. The average Bonchev–Trinajstić information content (AvgIpc) is 3.51. The van der Waals surface area contributed by atoms with Gasteiger partial charge in [-0.15, -0.1) is 16.4 Å². The molecule has 0 radical (unpaired) electrons. The van der Waals surface area contributed by atoms with Gasteiger partial charge >= 0.3 is 11.7 Å². The summed E-state index contributed by atoms with van der Waals surface area (Å²) in [4.78, 5) is 36.8. The highest BCUT2D eigenvalue weighted by atomic mass is 32.1. The first kappa shape index (κ1) is 22.8. The van der Waals surface area contributed by atoms with Gasteiger partial charge in [0.2, 0.25) is 5.91 Å². The van der Waals surface area contributed by atoms with Crippen LogP contribution in [0.5, 0.6) is 0 Å². The Morgan fingerprint density at radius 3 is 2.59 bits per heavy atom. The molecular weight excluding hydrogens is 454 g/mol. The summed E-state index contributed by atoms with van der Waals surface area (Å²) in [5.41, 5.74) is 2.35. The Morgan fingerprint density at radius 1 is 1.09 bits per heavy atom. The number of rotatable bonds is 6. The summed E-state index contributed by atoms with van der Waals surface area (Å²) in [7, 11) is 1.33. The molecule has 0 spiro atoms. The number of hydrogen-bond acceptors (Lipinski definition) is 7. The van der Waals surface area contributed by atoms with E-state index in [4.69, 9.17) is 9.15 Å². The van der Waals surface area contributed by atoms with E-state index in [2.05, 4.69) is 22.3 Å². The summed E-state index contributed by atoms with van der Waals surface area (Å²) < 4.78 is 11.0. The van der Waals surface area contributed by atoms with Gasteiger partial charge in [0.05, 0.1) is 24.1 Å². The summed E-state index contributed by atoms with van der Waals surface area (Å²) in [6.45, 7) is 0.0928. The van der Waals surface area contributed by atoms with Crippen molar-refractivity contribution in [2.24, 2.45) is 0 Å². The first-order valence-corrected chi connectivity index (χ1v) is 11.1. The van der Waals surface area contributed by atoms with Gasteiger partial charge < -0.3 is 14.5 Å². The van der Waals surface area contributed by atoms with Crippen molar-refractivity contribution in [3.05, 3.63) is 93.3 Å². The van der Waals surface area contributed by atoms with Crippen LogP contribution >= 0.6 is 11.3 Å². The number of esters is 1. The average molecular weight is 474 g/mol. The zero-order valence-corrected chi connectivity index (χ0v) is 18.9. The van der Waals surface area contributed by atoms with Gasteiger partial charge in [-0.05, 0) is 47.8 Å². The van der Waals surface area contributed by atoms with Crippen molar-refractivity contribution >= 4 is 28.9 Å². The van der Waals surface area contributed by atoms with Gasteiger partial charge in [0.25, 0.3) is 5.89 Å². The molecule has 0 unspecified atom stereocenters. The Bertz CT molecular complexity index is 1440. The first-order chi connectivity index (χ1) is 16.5. The van der Waals surface area contributed by atoms with Crippen LogP contribution in [0.1, 0.15) is 27.9 Å². The fourth-order valence-corrected chi connectivity index (χ4v) is 3.68. The van der Waals surface area contributed by atoms with E-state index in [0.717, 1.165) is 9.56 Å². The van der Waals surface area contributed by atoms with Gasteiger partial charge in [0, 0.05) is 23.2 Å². The smallest absolute Gasteiger partial charge is 0.437 e. The number of thiophene rings is 1. The highest BCUT2D eigenvalue weighted by Crippen LogP contribution is 2.21. The minimum Gasteiger partial charge on any atom is -0.465 e. The molecule has 4 aromatic rings. The maximum atomic E-state index is 12.4. The Hall–Kier alpha value is -4.42. The molecule has 170 valence electrons. The van der Waals surface area contributed by atoms with E-state index in [-0.39, 0.29) is 24.8 Å². The fourth-order valence-electron chi connectivity index (χ4n) is 3.04. The minimum atomic E-state index is -0.607. The second-order valence-electron chi connectivity index (χ2n) is 7.07. The van der Waals surface area contributed by atoms with E-state index in [1.165, 1.54) is 18.4 Å². The Balaban J connectivity index is 1.38. The number of carbonyl (C=O) groups is 2. The molecule has 0 saturated carbocycles. The Kier molecular flexibility index (Phi) is 7.01. The molecule has 34 heavy (non-hydrogen) atoms. The summed E-state index contributed by atoms with van der Waals surface area (Å²) in [6.07, 6.45) is 0.0482. The molecule has 0 aliphatic heterocycles. The number of ether oxygens (including phenoxy) is 1. The quantitative estimate of drug-likeness (QED) is 0.338. The standard InChI is InChI=1S/C25H19N3O5S/c1-32-24(30)19-7-2-5-17(15-19)10-11-18-6-3-8-20(16-18)26-22(29)12-13-28-25(31)33-23(27-28)21-9-4-14-34-21/h2-9,14-16H,12-13H2,1H3,(H,26,29). The minimum absolute atomic E-state index is 0.0482. The van der Waals surface area contributed by atoms with E-state index in [0.29, 0.717) is 22.4 Å². The predicted octanol–water partition coefficient (Wildman–Crippen LogP) is 3.78. The molecule has 9 heteroatoms. The van der Waals surface area contributed by atoms with Crippen molar-refractivity contribution in [1.29, 1.82) is 0 Å². The van der Waals surface area contributed by atoms with Gasteiger partial charge in [-0.3, -0.25) is 4.79 Å². The lowest BCUT2D eigenvalue weighted by Gasteiger charge is -2.05. The number of carbonyl (C=O) groups excluding carboxylic acids is 2. The largest absolute Gasteiger partial charge is 0.465 e. The number of nitrogens with one attached hydrogen (secondary N) is 1. The van der Waals surface area contributed by atoms with E-state index in [1.807, 2.05) is 17.5 Å². The first-order valence-electron chi connectivity index (χ1n) is 10.2. The molecule has 1 amide bonds. The lowest BCUT2D eigenvalue weighted by molar-refractivity contribution is -0.116. The van der Waals surface area contributed by atoms with E-state index in [9.17, 15) is 14.4 Å². The molecule has 0 fully saturated rings. The third-order valence-electron chi connectivity index (χ3n) is 4.67. The highest BCUT2D eigenvalue weighted by molar-refractivity contribution is 7.13. The molecule has 4 rings (SSSR count). The molecule has 2 aromatic carbocycles. The molecule has 0 aliphatic carbocycles. The fraction of sp³-hybridized carbons (Fsp3) is 0.120. The number of anilines is 1. The third-order valence-corrected chi connectivity index (χ3v) is 5.53. The number of aromatic nitrogens is 2. The second-order valence-corrected chi connectivity index (χ2v) is 8.02. The van der Waals surface area contributed by atoms with Crippen molar-refractivity contribution < 1.29 is 18.7 Å². The molecule has 2 heterocycles. The Labute approximate surface area is 198 Å². The van der Waals surface area contributed by atoms with Crippen molar-refractivity contribution in [2.45, 2.75) is 13.0 Å². The van der Waals surface area contributed by atoms with Crippen molar-refractivity contribution in [2.75, 3.05) is 12.4 Å². The number of benzene rings is 2. The van der Waals surface area contributed by atoms with E-state index in [1.54, 1.807) is 48.5 Å². The summed E-state index contributed by atoms with van der Waals surface area (Å²) in [5.74, 6) is 4.95. The number of nitrogens with zero attached hydrogens (tertiary/aromatic N) is 2.